The number of hydrogen-bond donors (Lipinski definition) is 1. The van der Waals surface area contributed by atoms with E-state index in [0.29, 0.717) is 19.3 Å². The van der Waals surface area contributed by atoms with Crippen molar-refractivity contribution in [2.24, 2.45) is 0 Å². The van der Waals surface area contributed by atoms with Crippen LogP contribution in [0.2, 0.25) is 0 Å². The first-order valence-corrected chi connectivity index (χ1v) is 8.61. The van der Waals surface area contributed by atoms with Crippen molar-refractivity contribution in [3.63, 3.8) is 0 Å². The van der Waals surface area contributed by atoms with Crippen molar-refractivity contribution in [2.75, 3.05) is 39.4 Å². The van der Waals surface area contributed by atoms with Crippen molar-refractivity contribution in [2.45, 2.75) is 63.5 Å². The lowest BCUT2D eigenvalue weighted by Gasteiger charge is -2.43. The minimum Gasteiger partial charge on any atom is -0.391 e. The molecular formula is C16H30N2O3. The largest absolute Gasteiger partial charge is 0.391 e. The van der Waals surface area contributed by atoms with E-state index in [4.69, 9.17) is 9.47 Å². The number of rotatable bonds is 4. The summed E-state index contributed by atoms with van der Waals surface area (Å²) in [5.74, 6) is -0.406. The van der Waals surface area contributed by atoms with E-state index in [0.717, 1.165) is 45.4 Å². The van der Waals surface area contributed by atoms with Crippen LogP contribution in [0.3, 0.4) is 0 Å². The third kappa shape index (κ3) is 3.13. The molecule has 0 amide bonds. The first-order valence-electron chi connectivity index (χ1n) is 8.61. The highest BCUT2D eigenvalue weighted by molar-refractivity contribution is 4.96. The van der Waals surface area contributed by atoms with Gasteiger partial charge in [0, 0.05) is 38.0 Å². The van der Waals surface area contributed by atoms with Crippen LogP contribution in [0.1, 0.15) is 39.5 Å². The van der Waals surface area contributed by atoms with E-state index in [1.165, 1.54) is 6.42 Å². The lowest BCUT2D eigenvalue weighted by atomic mass is 9.86. The Morgan fingerprint density at radius 3 is 2.57 bits per heavy atom. The summed E-state index contributed by atoms with van der Waals surface area (Å²) < 4.78 is 11.7. The second-order valence-corrected chi connectivity index (χ2v) is 6.64. The van der Waals surface area contributed by atoms with Crippen LogP contribution in [0.5, 0.6) is 0 Å². The summed E-state index contributed by atoms with van der Waals surface area (Å²) in [6.07, 6.45) is 3.41. The van der Waals surface area contributed by atoms with E-state index in [2.05, 4.69) is 23.6 Å². The molecule has 1 N–H and O–H groups in total. The van der Waals surface area contributed by atoms with Crippen molar-refractivity contribution < 1.29 is 14.6 Å². The molecule has 5 nitrogen and oxygen atoms in total. The second-order valence-electron chi connectivity index (χ2n) is 6.64. The molecule has 2 saturated heterocycles. The highest BCUT2D eigenvalue weighted by Crippen LogP contribution is 2.38. The summed E-state index contributed by atoms with van der Waals surface area (Å²) in [5, 5.41) is 10.4. The Bertz CT molecular complexity index is 342. The summed E-state index contributed by atoms with van der Waals surface area (Å²) in [6.45, 7) is 10.2. The Hall–Kier alpha value is -0.200. The third-order valence-corrected chi connectivity index (χ3v) is 5.59. The Labute approximate surface area is 128 Å². The molecule has 0 aromatic rings. The fourth-order valence-corrected chi connectivity index (χ4v) is 4.36. The SMILES string of the molecule is CCN(CC)C1CCN(C2CC3(CCC2O)OCCO3)C1. The topological polar surface area (TPSA) is 45.2 Å². The molecule has 0 aromatic heterocycles. The molecule has 1 aliphatic carbocycles. The molecule has 2 heterocycles. The fraction of sp³-hybridized carbons (Fsp3) is 1.00. The van der Waals surface area contributed by atoms with Crippen LogP contribution in [0.15, 0.2) is 0 Å². The maximum Gasteiger partial charge on any atom is 0.170 e. The molecule has 3 aliphatic rings. The lowest BCUT2D eigenvalue weighted by Crippen LogP contribution is -2.53. The molecule has 122 valence electrons. The second kappa shape index (κ2) is 6.50. The van der Waals surface area contributed by atoms with E-state index in [1.54, 1.807) is 0 Å². The molecule has 2 aliphatic heterocycles. The molecular weight excluding hydrogens is 268 g/mol. The molecule has 0 aromatic carbocycles. The quantitative estimate of drug-likeness (QED) is 0.841. The smallest absolute Gasteiger partial charge is 0.170 e. The highest BCUT2D eigenvalue weighted by Gasteiger charge is 2.47. The molecule has 0 radical (unpaired) electrons. The predicted octanol–water partition coefficient (Wildman–Crippen LogP) is 1.06. The maximum absolute atomic E-state index is 10.4. The van der Waals surface area contributed by atoms with Crippen molar-refractivity contribution in [3.8, 4) is 0 Å². The first kappa shape index (κ1) is 15.7. The fourth-order valence-electron chi connectivity index (χ4n) is 4.36. The molecule has 3 unspecified atom stereocenters. The van der Waals surface area contributed by atoms with Crippen molar-refractivity contribution in [1.82, 2.24) is 9.80 Å². The molecule has 5 heteroatoms. The van der Waals surface area contributed by atoms with Gasteiger partial charge in [-0.25, -0.2) is 0 Å². The van der Waals surface area contributed by atoms with E-state index in [-0.39, 0.29) is 12.1 Å². The zero-order chi connectivity index (χ0) is 14.9. The number of aliphatic hydroxyl groups excluding tert-OH is 1. The van der Waals surface area contributed by atoms with E-state index < -0.39 is 5.79 Å². The van der Waals surface area contributed by atoms with Gasteiger partial charge in [-0.15, -0.1) is 0 Å². The van der Waals surface area contributed by atoms with Crippen LogP contribution in [0, 0.1) is 0 Å². The number of hydrogen-bond acceptors (Lipinski definition) is 5. The summed E-state index contributed by atoms with van der Waals surface area (Å²) in [5.41, 5.74) is 0. The van der Waals surface area contributed by atoms with Gasteiger partial charge in [-0.1, -0.05) is 13.8 Å². The van der Waals surface area contributed by atoms with Gasteiger partial charge in [0.2, 0.25) is 0 Å². The minimum atomic E-state index is -0.406. The highest BCUT2D eigenvalue weighted by atomic mass is 16.7. The van der Waals surface area contributed by atoms with Gasteiger partial charge in [0.05, 0.1) is 19.3 Å². The first-order chi connectivity index (χ1) is 10.2. The van der Waals surface area contributed by atoms with Crippen LogP contribution in [0.25, 0.3) is 0 Å². The van der Waals surface area contributed by atoms with E-state index in [9.17, 15) is 5.11 Å². The van der Waals surface area contributed by atoms with Gasteiger partial charge in [-0.2, -0.15) is 0 Å². The van der Waals surface area contributed by atoms with Gasteiger partial charge in [-0.3, -0.25) is 9.80 Å². The monoisotopic (exact) mass is 298 g/mol. The van der Waals surface area contributed by atoms with Crippen LogP contribution < -0.4 is 0 Å². The number of ether oxygens (including phenoxy) is 2. The normalized spacial score (nSPS) is 36.9. The summed E-state index contributed by atoms with van der Waals surface area (Å²) in [6, 6.07) is 0.827. The van der Waals surface area contributed by atoms with Gasteiger partial charge in [-0.05, 0) is 25.9 Å². The standard InChI is InChI=1S/C16H30N2O3/c1-3-17(4-2)13-6-8-18(12-13)14-11-16(7-5-15(14)19)20-9-10-21-16/h13-15,19H,3-12H2,1-2H3. The lowest BCUT2D eigenvalue weighted by molar-refractivity contribution is -0.204. The predicted molar refractivity (Wildman–Crippen MR) is 81.2 cm³/mol. The van der Waals surface area contributed by atoms with Gasteiger partial charge in [0.25, 0.3) is 0 Å². The van der Waals surface area contributed by atoms with Crippen molar-refractivity contribution in [1.29, 1.82) is 0 Å². The number of nitrogens with zero attached hydrogens (tertiary/aromatic N) is 2. The minimum absolute atomic E-state index is 0.192. The van der Waals surface area contributed by atoms with Gasteiger partial charge >= 0.3 is 0 Å². The Kier molecular flexibility index (Phi) is 4.86. The van der Waals surface area contributed by atoms with Crippen LogP contribution in [-0.2, 0) is 9.47 Å². The molecule has 0 bridgehead atoms. The van der Waals surface area contributed by atoms with Crippen LogP contribution >= 0.6 is 0 Å². The van der Waals surface area contributed by atoms with Gasteiger partial charge in [0.15, 0.2) is 5.79 Å². The van der Waals surface area contributed by atoms with Crippen LogP contribution in [-0.4, -0.2) is 78.3 Å². The summed E-state index contributed by atoms with van der Waals surface area (Å²) in [4.78, 5) is 5.01. The number of likely N-dealkylation sites (N-methyl/N-ethyl adjacent to an activating group) is 1. The summed E-state index contributed by atoms with van der Waals surface area (Å²) >= 11 is 0. The zero-order valence-corrected chi connectivity index (χ0v) is 13.5. The number of aliphatic hydroxyl groups is 1. The Morgan fingerprint density at radius 1 is 1.19 bits per heavy atom. The van der Waals surface area contributed by atoms with E-state index >= 15 is 0 Å². The molecule has 21 heavy (non-hydrogen) atoms. The van der Waals surface area contributed by atoms with Gasteiger partial charge < -0.3 is 14.6 Å². The molecule has 1 saturated carbocycles. The molecule has 3 atom stereocenters. The average molecular weight is 298 g/mol. The van der Waals surface area contributed by atoms with Crippen molar-refractivity contribution >= 4 is 0 Å². The molecule has 3 fully saturated rings. The van der Waals surface area contributed by atoms with E-state index in [1.807, 2.05) is 0 Å². The maximum atomic E-state index is 10.4. The van der Waals surface area contributed by atoms with Crippen molar-refractivity contribution in [3.05, 3.63) is 0 Å². The Morgan fingerprint density at radius 2 is 1.90 bits per heavy atom. The molecule has 3 rings (SSSR count). The summed E-state index contributed by atoms with van der Waals surface area (Å²) in [7, 11) is 0. The third-order valence-electron chi connectivity index (χ3n) is 5.59. The molecule has 1 spiro atoms. The number of likely N-dealkylation sites (tertiary alicyclic amines) is 1. The van der Waals surface area contributed by atoms with Crippen LogP contribution in [0.4, 0.5) is 0 Å². The zero-order valence-electron chi connectivity index (χ0n) is 13.5. The van der Waals surface area contributed by atoms with Gasteiger partial charge in [0.1, 0.15) is 0 Å². The Balaban J connectivity index is 1.63. The average Bonchev–Trinajstić information content (AvgIpc) is 3.14.